The molecule has 2 rings (SSSR count). The highest BCUT2D eigenvalue weighted by molar-refractivity contribution is 5.87. The van der Waals surface area contributed by atoms with E-state index in [9.17, 15) is 14.7 Å². The quantitative estimate of drug-likeness (QED) is 0.817. The Morgan fingerprint density at radius 1 is 1.19 bits per heavy atom. The molecule has 2 aliphatic heterocycles. The molecule has 0 aliphatic carbocycles. The van der Waals surface area contributed by atoms with E-state index >= 15 is 0 Å². The summed E-state index contributed by atoms with van der Waals surface area (Å²) in [7, 11) is 4.11. The van der Waals surface area contributed by atoms with Crippen molar-refractivity contribution in [3.05, 3.63) is 0 Å². The second-order valence-corrected chi connectivity index (χ2v) is 6.40. The van der Waals surface area contributed by atoms with Crippen molar-refractivity contribution in [1.82, 2.24) is 14.7 Å². The minimum Gasteiger partial charge on any atom is -0.480 e. The first-order valence-corrected chi connectivity index (χ1v) is 7.85. The van der Waals surface area contributed by atoms with Crippen LogP contribution < -0.4 is 0 Å². The first-order chi connectivity index (χ1) is 9.91. The summed E-state index contributed by atoms with van der Waals surface area (Å²) in [6.45, 7) is 4.58. The Kier molecular flexibility index (Phi) is 5.22. The fourth-order valence-electron chi connectivity index (χ4n) is 3.42. The fourth-order valence-corrected chi connectivity index (χ4v) is 3.42. The highest BCUT2D eigenvalue weighted by Crippen LogP contribution is 2.22. The number of amides is 1. The van der Waals surface area contributed by atoms with Crippen molar-refractivity contribution >= 4 is 11.9 Å². The van der Waals surface area contributed by atoms with Gasteiger partial charge in [0.2, 0.25) is 5.91 Å². The average Bonchev–Trinajstić information content (AvgIpc) is 2.95. The molecule has 2 aliphatic rings. The topological polar surface area (TPSA) is 64.1 Å². The van der Waals surface area contributed by atoms with Crippen molar-refractivity contribution in [3.8, 4) is 0 Å². The van der Waals surface area contributed by atoms with Gasteiger partial charge < -0.3 is 14.9 Å². The summed E-state index contributed by atoms with van der Waals surface area (Å²) in [5, 5.41) is 9.22. The molecule has 2 heterocycles. The second-order valence-electron chi connectivity index (χ2n) is 6.40. The number of carboxylic acids is 1. The number of piperidine rings is 1. The van der Waals surface area contributed by atoms with Crippen molar-refractivity contribution < 1.29 is 14.7 Å². The third kappa shape index (κ3) is 3.55. The number of likely N-dealkylation sites (N-methyl/N-ethyl adjacent to an activating group) is 1. The van der Waals surface area contributed by atoms with E-state index in [1.807, 2.05) is 14.0 Å². The number of nitrogens with zero attached hydrogens (tertiary/aromatic N) is 3. The van der Waals surface area contributed by atoms with Crippen LogP contribution in [-0.4, -0.2) is 83.5 Å². The maximum Gasteiger partial charge on any atom is 0.326 e. The molecule has 0 aromatic carbocycles. The molecule has 1 N–H and O–H groups in total. The number of hydrogen-bond acceptors (Lipinski definition) is 4. The van der Waals surface area contributed by atoms with Gasteiger partial charge in [0.1, 0.15) is 6.04 Å². The molecule has 0 aromatic heterocycles. The van der Waals surface area contributed by atoms with Crippen LogP contribution in [0.25, 0.3) is 0 Å². The molecule has 1 amide bonds. The number of hydrogen-bond donors (Lipinski definition) is 1. The van der Waals surface area contributed by atoms with E-state index in [1.54, 1.807) is 4.90 Å². The van der Waals surface area contributed by atoms with Crippen molar-refractivity contribution in [2.75, 3.05) is 33.7 Å². The predicted octanol–water partition coefficient (Wildman–Crippen LogP) is 0.477. The van der Waals surface area contributed by atoms with Gasteiger partial charge in [-0.15, -0.1) is 0 Å². The van der Waals surface area contributed by atoms with Crippen LogP contribution in [0.3, 0.4) is 0 Å². The summed E-state index contributed by atoms with van der Waals surface area (Å²) in [6.07, 6.45) is 3.49. The number of likely N-dealkylation sites (tertiary alicyclic amines) is 2. The summed E-state index contributed by atoms with van der Waals surface area (Å²) in [5.74, 6) is -0.920. The standard InChI is InChI=1S/C15H27N3O3/c1-11(17(3)12-6-9-16(2)10-7-12)14(19)18-8-4-5-13(18)15(20)21/h11-13H,4-10H2,1-3H3,(H,20,21). The van der Waals surface area contributed by atoms with Crippen LogP contribution in [0, 0.1) is 0 Å². The van der Waals surface area contributed by atoms with E-state index in [0.717, 1.165) is 32.4 Å². The highest BCUT2D eigenvalue weighted by Gasteiger charge is 2.38. The summed E-state index contributed by atoms with van der Waals surface area (Å²) in [4.78, 5) is 29.8. The van der Waals surface area contributed by atoms with Crippen LogP contribution >= 0.6 is 0 Å². The van der Waals surface area contributed by atoms with Crippen LogP contribution in [0.4, 0.5) is 0 Å². The number of aliphatic carboxylic acids is 1. The zero-order valence-electron chi connectivity index (χ0n) is 13.3. The van der Waals surface area contributed by atoms with Crippen LogP contribution in [0.5, 0.6) is 0 Å². The maximum atomic E-state index is 12.6. The fraction of sp³-hybridized carbons (Fsp3) is 0.867. The molecule has 120 valence electrons. The molecule has 2 unspecified atom stereocenters. The average molecular weight is 297 g/mol. The van der Waals surface area contributed by atoms with Gasteiger partial charge in [-0.05, 0) is 59.8 Å². The molecule has 6 heteroatoms. The minimum atomic E-state index is -0.880. The molecular weight excluding hydrogens is 270 g/mol. The number of rotatable bonds is 4. The van der Waals surface area contributed by atoms with Gasteiger partial charge in [0, 0.05) is 12.6 Å². The number of carbonyl (C=O) groups is 2. The molecule has 0 aromatic rings. The Balaban J connectivity index is 1.96. The summed E-state index contributed by atoms with van der Waals surface area (Å²) < 4.78 is 0. The molecule has 2 atom stereocenters. The summed E-state index contributed by atoms with van der Waals surface area (Å²) >= 11 is 0. The van der Waals surface area contributed by atoms with Gasteiger partial charge in [-0.2, -0.15) is 0 Å². The monoisotopic (exact) mass is 297 g/mol. The molecular formula is C15H27N3O3. The van der Waals surface area contributed by atoms with E-state index in [0.29, 0.717) is 19.0 Å². The Bertz CT molecular complexity index is 394. The molecule has 0 bridgehead atoms. The third-order valence-corrected chi connectivity index (χ3v) is 5.05. The molecule has 21 heavy (non-hydrogen) atoms. The zero-order chi connectivity index (χ0) is 15.6. The molecule has 0 radical (unpaired) electrons. The Morgan fingerprint density at radius 2 is 1.81 bits per heavy atom. The van der Waals surface area contributed by atoms with Crippen LogP contribution in [0.1, 0.15) is 32.6 Å². The van der Waals surface area contributed by atoms with Gasteiger partial charge >= 0.3 is 5.97 Å². The SMILES string of the molecule is CC(C(=O)N1CCCC1C(=O)O)N(C)C1CCN(C)CC1. The third-order valence-electron chi connectivity index (χ3n) is 5.05. The van der Waals surface area contributed by atoms with Gasteiger partial charge in [-0.25, -0.2) is 4.79 Å². The first kappa shape index (κ1) is 16.2. The van der Waals surface area contributed by atoms with Crippen molar-refractivity contribution in [1.29, 1.82) is 0 Å². The van der Waals surface area contributed by atoms with E-state index in [-0.39, 0.29) is 11.9 Å². The van der Waals surface area contributed by atoms with Gasteiger partial charge in [0.25, 0.3) is 0 Å². The van der Waals surface area contributed by atoms with E-state index in [2.05, 4.69) is 16.8 Å². The van der Waals surface area contributed by atoms with Crippen LogP contribution in [0.15, 0.2) is 0 Å². The number of carbonyl (C=O) groups excluding carboxylic acids is 1. The molecule has 0 spiro atoms. The van der Waals surface area contributed by atoms with Gasteiger partial charge in [0.15, 0.2) is 0 Å². The molecule has 2 saturated heterocycles. The van der Waals surface area contributed by atoms with Gasteiger partial charge in [-0.3, -0.25) is 9.69 Å². The Hall–Kier alpha value is -1.14. The predicted molar refractivity (Wildman–Crippen MR) is 80.1 cm³/mol. The first-order valence-electron chi connectivity index (χ1n) is 7.85. The van der Waals surface area contributed by atoms with Crippen LogP contribution in [0.2, 0.25) is 0 Å². The lowest BCUT2D eigenvalue weighted by Gasteiger charge is -2.39. The summed E-state index contributed by atoms with van der Waals surface area (Å²) in [6, 6.07) is -0.477. The van der Waals surface area contributed by atoms with E-state index in [1.165, 1.54) is 0 Å². The maximum absolute atomic E-state index is 12.6. The Labute approximate surface area is 126 Å². The molecule has 6 nitrogen and oxygen atoms in total. The van der Waals surface area contributed by atoms with Gasteiger partial charge in [0.05, 0.1) is 6.04 Å². The second kappa shape index (κ2) is 6.75. The number of carboxylic acid groups (broad SMARTS) is 1. The normalized spacial score (nSPS) is 26.3. The lowest BCUT2D eigenvalue weighted by Crippen LogP contribution is -2.53. The van der Waals surface area contributed by atoms with Crippen molar-refractivity contribution in [3.63, 3.8) is 0 Å². The smallest absolute Gasteiger partial charge is 0.326 e. The zero-order valence-corrected chi connectivity index (χ0v) is 13.3. The highest BCUT2D eigenvalue weighted by atomic mass is 16.4. The van der Waals surface area contributed by atoms with E-state index in [4.69, 9.17) is 0 Å². The Morgan fingerprint density at radius 3 is 2.38 bits per heavy atom. The minimum absolute atomic E-state index is 0.0404. The van der Waals surface area contributed by atoms with Gasteiger partial charge in [-0.1, -0.05) is 0 Å². The lowest BCUT2D eigenvalue weighted by atomic mass is 10.0. The largest absolute Gasteiger partial charge is 0.480 e. The summed E-state index contributed by atoms with van der Waals surface area (Å²) in [5.41, 5.74) is 0. The van der Waals surface area contributed by atoms with Crippen molar-refractivity contribution in [2.24, 2.45) is 0 Å². The molecule has 0 saturated carbocycles. The van der Waals surface area contributed by atoms with Crippen molar-refractivity contribution in [2.45, 2.75) is 50.7 Å². The molecule has 2 fully saturated rings. The lowest BCUT2D eigenvalue weighted by molar-refractivity contribution is -0.150. The van der Waals surface area contributed by atoms with Crippen LogP contribution in [-0.2, 0) is 9.59 Å². The van der Waals surface area contributed by atoms with E-state index < -0.39 is 12.0 Å².